The van der Waals surface area contributed by atoms with Crippen molar-refractivity contribution in [1.82, 2.24) is 0 Å². The summed E-state index contributed by atoms with van der Waals surface area (Å²) in [7, 11) is 6.00. The van der Waals surface area contributed by atoms with Crippen molar-refractivity contribution >= 4 is 18.2 Å². The molecule has 0 unspecified atom stereocenters. The first-order valence-corrected chi connectivity index (χ1v) is 0.500. The molecule has 4 heavy (non-hydrogen) atoms. The second kappa shape index (κ2) is 21.7. The third-order valence-electron chi connectivity index (χ3n) is 0. The van der Waals surface area contributed by atoms with E-state index in [-0.39, 0.29) is 43.4 Å². The maximum Gasteiger partial charge on any atom is 0 e. The topological polar surface area (TPSA) is 0 Å². The maximum atomic E-state index is 3.00. The molecule has 0 aliphatic rings. The summed E-state index contributed by atoms with van der Waals surface area (Å²) in [6.07, 6.45) is 0. The molecule has 0 aromatic rings. The van der Waals surface area contributed by atoms with Gasteiger partial charge >= 0.3 is 18.2 Å². The van der Waals surface area contributed by atoms with E-state index >= 15 is 0 Å². The van der Waals surface area contributed by atoms with Gasteiger partial charge in [-0.05, 0) is 0 Å². The van der Waals surface area contributed by atoms with Gasteiger partial charge in [-0.2, -0.15) is 0 Å². The quantitative estimate of drug-likeness (QED) is 0.362. The Morgan fingerprint density at radius 3 is 0.750 bits per heavy atom. The molecule has 0 saturated heterocycles. The molecule has 0 bridgehead atoms. The van der Waals surface area contributed by atoms with E-state index in [1.807, 2.05) is 0 Å². The van der Waals surface area contributed by atoms with Gasteiger partial charge in [-0.25, -0.2) is 0 Å². The Balaban J connectivity index is -0.00000000500. The van der Waals surface area contributed by atoms with Crippen molar-refractivity contribution in [3.63, 3.8) is 0 Å². The van der Waals surface area contributed by atoms with Crippen molar-refractivity contribution in [2.24, 2.45) is 0 Å². The molecule has 0 aromatic heterocycles. The van der Waals surface area contributed by atoms with Crippen LogP contribution in [0.5, 0.6) is 0 Å². The molecule has 0 aliphatic carbocycles. The average molecular weight is 114 g/mol. The van der Waals surface area contributed by atoms with E-state index in [2.05, 4.69) is 18.2 Å². The minimum Gasteiger partial charge on any atom is 0 e. The standard InChI is InChI=1S/2Be.2Ti. The number of hydrogen-bond donors (Lipinski definition) is 0. The molecular weight excluding hydrogens is 114 g/mol. The summed E-state index contributed by atoms with van der Waals surface area (Å²) in [5.74, 6) is 0. The molecule has 2 radical (unpaired) electrons. The first-order chi connectivity index (χ1) is 1.00. The van der Waals surface area contributed by atoms with Crippen LogP contribution in [0.4, 0.5) is 0 Å². The zero-order chi connectivity index (χ0) is 2.00. The average Bonchev–Trinajstić information content (AvgIpc) is 1.00. The van der Waals surface area contributed by atoms with E-state index in [4.69, 9.17) is 0 Å². The van der Waals surface area contributed by atoms with Gasteiger partial charge in [-0.3, -0.25) is 0 Å². The summed E-state index contributed by atoms with van der Waals surface area (Å²) in [5.41, 5.74) is 0. The summed E-state index contributed by atoms with van der Waals surface area (Å²) in [5, 5.41) is 0. The molecule has 0 saturated carbocycles. The summed E-state index contributed by atoms with van der Waals surface area (Å²) in [6, 6.07) is 0. The molecule has 12 valence electrons. The fourth-order valence-electron chi connectivity index (χ4n) is 0. The fourth-order valence-corrected chi connectivity index (χ4v) is 0. The molecule has 0 rings (SSSR count). The van der Waals surface area contributed by atoms with E-state index in [0.717, 1.165) is 0 Å². The largest absolute Gasteiger partial charge is 0 e. The second-order valence-electron chi connectivity index (χ2n) is 0. The van der Waals surface area contributed by atoms with Crippen LogP contribution in [0.2, 0.25) is 0 Å². The third-order valence-corrected chi connectivity index (χ3v) is 0. The maximum absolute atomic E-state index is 3.00. The Morgan fingerprint density at radius 1 is 0.750 bits per heavy atom. The van der Waals surface area contributed by atoms with Crippen molar-refractivity contribution in [3.8, 4) is 0 Å². The van der Waals surface area contributed by atoms with Gasteiger partial charge in [0.15, 0.2) is 0 Å². The molecule has 0 aliphatic heterocycles. The first kappa shape index (κ1) is 17.1. The van der Waals surface area contributed by atoms with Gasteiger partial charge in [0.05, 0.1) is 0 Å². The van der Waals surface area contributed by atoms with Crippen molar-refractivity contribution in [3.05, 3.63) is 0 Å². The predicted octanol–water partition coefficient (Wildman–Crippen LogP) is -0.767. The van der Waals surface area contributed by atoms with E-state index in [1.165, 1.54) is 0 Å². The molecule has 0 atom stereocenters. The van der Waals surface area contributed by atoms with Gasteiger partial charge in [0.2, 0.25) is 0 Å². The van der Waals surface area contributed by atoms with Crippen molar-refractivity contribution in [2.45, 2.75) is 0 Å². The fraction of sp³-hybridized carbons (Fsp3) is 0. The number of hydrogen-bond acceptors (Lipinski definition) is 0. The van der Waals surface area contributed by atoms with Crippen LogP contribution in [0.25, 0.3) is 0 Å². The normalized spacial score (nSPS) is 0.500. The molecule has 0 spiro atoms. The summed E-state index contributed by atoms with van der Waals surface area (Å²) >= 11 is 0. The van der Waals surface area contributed by atoms with E-state index < -0.39 is 0 Å². The van der Waals surface area contributed by atoms with Crippen LogP contribution >= 0.6 is 0 Å². The van der Waals surface area contributed by atoms with Crippen LogP contribution in [0.15, 0.2) is 0 Å². The van der Waals surface area contributed by atoms with E-state index in [9.17, 15) is 0 Å². The molecule has 0 heterocycles. The zero-order valence-electron chi connectivity index (χ0n) is 2.41. The van der Waals surface area contributed by atoms with Gasteiger partial charge in [0.25, 0.3) is 0 Å². The van der Waals surface area contributed by atoms with Crippen molar-refractivity contribution in [2.75, 3.05) is 0 Å². The Hall–Kier alpha value is 1.77. The van der Waals surface area contributed by atoms with Crippen molar-refractivity contribution in [1.29, 1.82) is 0 Å². The molecule has 0 nitrogen and oxygen atoms in total. The second-order valence-corrected chi connectivity index (χ2v) is 0. The molecule has 0 fully saturated rings. The predicted molar refractivity (Wildman–Crippen MR) is 11.5 cm³/mol. The minimum absolute atomic E-state index is 0. The third kappa shape index (κ3) is 9.24. The van der Waals surface area contributed by atoms with Crippen LogP contribution in [0.3, 0.4) is 0 Å². The summed E-state index contributed by atoms with van der Waals surface area (Å²) in [4.78, 5) is 0. The Bertz CT molecular complexity index is 4.00. The van der Waals surface area contributed by atoms with Crippen molar-refractivity contribution < 1.29 is 43.4 Å². The van der Waals surface area contributed by atoms with Gasteiger partial charge in [0.1, 0.15) is 0 Å². The van der Waals surface area contributed by atoms with Crippen LogP contribution < -0.4 is 0 Å². The molecule has 4 heteroatoms. The molecule has 0 amide bonds. The Labute approximate surface area is 61.3 Å². The Morgan fingerprint density at radius 2 is 0.750 bits per heavy atom. The van der Waals surface area contributed by atoms with Gasteiger partial charge in [-0.15, -0.1) is 0 Å². The van der Waals surface area contributed by atoms with Gasteiger partial charge < -0.3 is 0 Å². The minimum atomic E-state index is 0. The van der Waals surface area contributed by atoms with Gasteiger partial charge in [0, 0.05) is 43.4 Å². The molecular formula is Be2Ti2. The smallest absolute Gasteiger partial charge is 0 e. The van der Waals surface area contributed by atoms with E-state index in [1.54, 1.807) is 0 Å². The van der Waals surface area contributed by atoms with E-state index in [0.29, 0.717) is 0 Å². The van der Waals surface area contributed by atoms with Crippen LogP contribution in [-0.4, -0.2) is 18.2 Å². The Kier molecular flexibility index (Phi) is 92.7. The zero-order valence-corrected chi connectivity index (χ0v) is 5.54. The first-order valence-electron chi connectivity index (χ1n) is 0.500. The monoisotopic (exact) mass is 114 g/mol. The van der Waals surface area contributed by atoms with Crippen LogP contribution in [0.1, 0.15) is 0 Å². The SMILES string of the molecule is [Be][Be].[Ti].[Ti]. The van der Waals surface area contributed by atoms with Crippen LogP contribution in [-0.2, 0) is 43.4 Å². The molecule has 0 N–H and O–H groups in total. The summed E-state index contributed by atoms with van der Waals surface area (Å²) < 4.78 is 0. The van der Waals surface area contributed by atoms with Gasteiger partial charge in [-0.1, -0.05) is 0 Å². The van der Waals surface area contributed by atoms with Crippen LogP contribution in [0, 0.1) is 0 Å². The molecule has 0 aromatic carbocycles. The summed E-state index contributed by atoms with van der Waals surface area (Å²) in [6.45, 7) is 0. The number of rotatable bonds is 0.